The highest BCUT2D eigenvalue weighted by Gasteiger charge is 2.23. The normalized spacial score (nSPS) is 14.7. The molecule has 1 aliphatic heterocycles. The van der Waals surface area contributed by atoms with E-state index in [1.54, 1.807) is 0 Å². The Morgan fingerprint density at radius 3 is 2.56 bits per heavy atom. The molecule has 1 heterocycles. The first-order valence-corrected chi connectivity index (χ1v) is 4.71. The zero-order chi connectivity index (χ0) is 12.0. The maximum atomic E-state index is 11.2. The maximum Gasteiger partial charge on any atom is 0.253 e. The monoisotopic (exact) mass is 228 g/mol. The minimum atomic E-state index is -0.406. The van der Waals surface area contributed by atoms with E-state index in [0.717, 1.165) is 4.90 Å². The first-order valence-electron chi connectivity index (χ1n) is 4.71. The van der Waals surface area contributed by atoms with Crippen LogP contribution in [0.1, 0.15) is 6.42 Å². The highest BCUT2D eigenvalue weighted by Crippen LogP contribution is 2.03. The highest BCUT2D eigenvalue weighted by molar-refractivity contribution is 6.13. The van der Waals surface area contributed by atoms with E-state index in [1.807, 2.05) is 0 Å². The lowest BCUT2D eigenvalue weighted by atomic mass is 10.3. The zero-order valence-electron chi connectivity index (χ0n) is 8.51. The molecule has 88 valence electrons. The first-order chi connectivity index (χ1) is 7.65. The molecular formula is C9H12N2O5. The van der Waals surface area contributed by atoms with Crippen LogP contribution in [0.2, 0.25) is 0 Å². The molecule has 16 heavy (non-hydrogen) atoms. The van der Waals surface area contributed by atoms with Crippen molar-refractivity contribution in [2.24, 2.45) is 0 Å². The lowest BCUT2D eigenvalue weighted by Crippen LogP contribution is -2.35. The Kier molecular flexibility index (Phi) is 4.62. The molecule has 1 aliphatic rings. The number of nitrogens with one attached hydrogen (secondary N) is 1. The summed E-state index contributed by atoms with van der Waals surface area (Å²) >= 11 is 0. The number of hydrogen-bond donors (Lipinski definition) is 2. The largest absolute Gasteiger partial charge is 0.354 e. The molecule has 3 amide bonds. The van der Waals surface area contributed by atoms with Gasteiger partial charge >= 0.3 is 0 Å². The average molecular weight is 228 g/mol. The van der Waals surface area contributed by atoms with E-state index in [1.165, 1.54) is 12.2 Å². The van der Waals surface area contributed by atoms with Crippen molar-refractivity contribution in [2.45, 2.75) is 6.42 Å². The quantitative estimate of drug-likeness (QED) is 0.260. The molecular weight excluding hydrogens is 216 g/mol. The lowest BCUT2D eigenvalue weighted by molar-refractivity contribution is -0.240. The fourth-order valence-electron chi connectivity index (χ4n) is 1.19. The minimum absolute atomic E-state index is 0.00509. The van der Waals surface area contributed by atoms with E-state index in [-0.39, 0.29) is 32.0 Å². The van der Waals surface area contributed by atoms with Crippen molar-refractivity contribution in [1.29, 1.82) is 0 Å². The van der Waals surface area contributed by atoms with Crippen LogP contribution in [0.5, 0.6) is 0 Å². The summed E-state index contributed by atoms with van der Waals surface area (Å²) in [4.78, 5) is 38.1. The van der Waals surface area contributed by atoms with Crippen molar-refractivity contribution in [3.8, 4) is 0 Å². The molecule has 0 aromatic carbocycles. The van der Waals surface area contributed by atoms with Gasteiger partial charge in [0.05, 0.1) is 6.61 Å². The van der Waals surface area contributed by atoms with Gasteiger partial charge < -0.3 is 5.32 Å². The Hall–Kier alpha value is -1.73. The Morgan fingerprint density at radius 2 is 2.00 bits per heavy atom. The SMILES string of the molecule is O=C(CCN1C(=O)C=CC1=O)NCCOO. The van der Waals surface area contributed by atoms with Crippen molar-refractivity contribution >= 4 is 17.7 Å². The van der Waals surface area contributed by atoms with Gasteiger partial charge in [0.1, 0.15) is 0 Å². The van der Waals surface area contributed by atoms with E-state index in [4.69, 9.17) is 5.26 Å². The van der Waals surface area contributed by atoms with Gasteiger partial charge in [-0.2, -0.15) is 0 Å². The lowest BCUT2D eigenvalue weighted by Gasteiger charge is -2.12. The molecule has 0 bridgehead atoms. The van der Waals surface area contributed by atoms with Gasteiger partial charge in [0.2, 0.25) is 5.91 Å². The molecule has 7 nitrogen and oxygen atoms in total. The molecule has 0 aromatic rings. The van der Waals surface area contributed by atoms with E-state index < -0.39 is 11.8 Å². The molecule has 0 saturated heterocycles. The van der Waals surface area contributed by atoms with E-state index in [0.29, 0.717) is 0 Å². The second-order valence-electron chi connectivity index (χ2n) is 3.09. The van der Waals surface area contributed by atoms with Gasteiger partial charge in [0.15, 0.2) is 0 Å². The molecule has 0 saturated carbocycles. The number of rotatable bonds is 6. The van der Waals surface area contributed by atoms with Crippen LogP contribution in [0, 0.1) is 0 Å². The summed E-state index contributed by atoms with van der Waals surface area (Å²) in [5, 5.41) is 10.4. The molecule has 0 aliphatic carbocycles. The maximum absolute atomic E-state index is 11.2. The standard InChI is InChI=1S/C9H12N2O5/c12-7(10-4-6-16-15)3-5-11-8(13)1-2-9(11)14/h1-2,15H,3-6H2,(H,10,12). The van der Waals surface area contributed by atoms with Crippen LogP contribution >= 0.6 is 0 Å². The molecule has 1 rings (SSSR count). The number of amides is 3. The van der Waals surface area contributed by atoms with Crippen molar-refractivity contribution in [3.05, 3.63) is 12.2 Å². The Morgan fingerprint density at radius 1 is 1.38 bits per heavy atom. The van der Waals surface area contributed by atoms with Gasteiger partial charge in [0.25, 0.3) is 11.8 Å². The highest BCUT2D eigenvalue weighted by atomic mass is 17.1. The van der Waals surface area contributed by atoms with Gasteiger partial charge in [0, 0.05) is 31.7 Å². The molecule has 0 spiro atoms. The van der Waals surface area contributed by atoms with Crippen LogP contribution in [0.4, 0.5) is 0 Å². The molecule has 0 aromatic heterocycles. The van der Waals surface area contributed by atoms with Gasteiger partial charge in [-0.3, -0.25) is 24.5 Å². The van der Waals surface area contributed by atoms with E-state index in [2.05, 4.69) is 10.2 Å². The van der Waals surface area contributed by atoms with Crippen molar-refractivity contribution in [3.63, 3.8) is 0 Å². The fraction of sp³-hybridized carbons (Fsp3) is 0.444. The molecule has 0 unspecified atom stereocenters. The van der Waals surface area contributed by atoms with E-state index in [9.17, 15) is 14.4 Å². The predicted molar refractivity (Wildman–Crippen MR) is 52.1 cm³/mol. The third-order valence-corrected chi connectivity index (χ3v) is 1.98. The third kappa shape index (κ3) is 3.44. The van der Waals surface area contributed by atoms with Crippen LogP contribution in [-0.2, 0) is 19.3 Å². The zero-order valence-corrected chi connectivity index (χ0v) is 8.51. The summed E-state index contributed by atoms with van der Waals surface area (Å²) in [7, 11) is 0. The average Bonchev–Trinajstić information content (AvgIpc) is 2.57. The van der Waals surface area contributed by atoms with Crippen LogP contribution in [0.15, 0.2) is 12.2 Å². The van der Waals surface area contributed by atoms with Gasteiger partial charge in [-0.1, -0.05) is 0 Å². The van der Waals surface area contributed by atoms with E-state index >= 15 is 0 Å². The summed E-state index contributed by atoms with van der Waals surface area (Å²) in [6.45, 7) is 0.223. The molecule has 0 atom stereocenters. The van der Waals surface area contributed by atoms with Crippen LogP contribution in [0.3, 0.4) is 0 Å². The minimum Gasteiger partial charge on any atom is -0.354 e. The van der Waals surface area contributed by atoms with Crippen LogP contribution in [0.25, 0.3) is 0 Å². The van der Waals surface area contributed by atoms with Crippen molar-refractivity contribution < 1.29 is 24.5 Å². The first kappa shape index (κ1) is 12.3. The predicted octanol–water partition coefficient (Wildman–Crippen LogP) is -1.09. The number of nitrogens with zero attached hydrogens (tertiary/aromatic N) is 1. The molecule has 2 N–H and O–H groups in total. The third-order valence-electron chi connectivity index (χ3n) is 1.98. The Labute approximate surface area is 91.6 Å². The van der Waals surface area contributed by atoms with Crippen molar-refractivity contribution in [2.75, 3.05) is 19.7 Å². The summed E-state index contributed by atoms with van der Waals surface area (Å²) in [5.74, 6) is -1.13. The number of imide groups is 1. The number of hydrogen-bond acceptors (Lipinski definition) is 5. The molecule has 0 radical (unpaired) electrons. The fourth-order valence-corrected chi connectivity index (χ4v) is 1.19. The van der Waals surface area contributed by atoms with Crippen LogP contribution in [-0.4, -0.2) is 47.6 Å². The summed E-state index contributed by atoms with van der Waals surface area (Å²) < 4.78 is 0. The second kappa shape index (κ2) is 5.99. The molecule has 7 heteroatoms. The summed E-state index contributed by atoms with van der Waals surface area (Å²) in [6.07, 6.45) is 2.37. The van der Waals surface area contributed by atoms with Crippen molar-refractivity contribution in [1.82, 2.24) is 10.2 Å². The summed E-state index contributed by atoms with van der Waals surface area (Å²) in [5.41, 5.74) is 0. The van der Waals surface area contributed by atoms with Gasteiger partial charge in [-0.25, -0.2) is 4.89 Å². The second-order valence-corrected chi connectivity index (χ2v) is 3.09. The number of carbonyl (C=O) groups is 3. The summed E-state index contributed by atoms with van der Waals surface area (Å²) in [6, 6.07) is 0. The van der Waals surface area contributed by atoms with Crippen LogP contribution < -0.4 is 5.32 Å². The smallest absolute Gasteiger partial charge is 0.253 e. The topological polar surface area (TPSA) is 95.9 Å². The van der Waals surface area contributed by atoms with Gasteiger partial charge in [-0.15, -0.1) is 0 Å². The Bertz CT molecular complexity index is 308. The number of carbonyl (C=O) groups excluding carboxylic acids is 3. The van der Waals surface area contributed by atoms with Gasteiger partial charge in [-0.05, 0) is 0 Å². The Balaban J connectivity index is 2.22. The molecule has 0 fully saturated rings.